The monoisotopic (exact) mass is 623 g/mol. The highest BCUT2D eigenvalue weighted by Crippen LogP contribution is 2.44. The highest BCUT2D eigenvalue weighted by molar-refractivity contribution is 5.96. The van der Waals surface area contributed by atoms with E-state index in [2.05, 4.69) is 30.5 Å². The molecule has 3 aromatic rings. The molecule has 0 spiro atoms. The number of rotatable bonds is 4. The van der Waals surface area contributed by atoms with Crippen molar-refractivity contribution in [3.05, 3.63) is 28.8 Å². The predicted octanol–water partition coefficient (Wildman–Crippen LogP) is 4.29. The number of morpholine rings is 1. The first-order chi connectivity index (χ1) is 21.0. The Labute approximate surface area is 250 Å². The van der Waals surface area contributed by atoms with E-state index in [1.54, 1.807) is 6.92 Å². The summed E-state index contributed by atoms with van der Waals surface area (Å²) in [6, 6.07) is 0.969. The molecule has 2 aromatic heterocycles. The minimum absolute atomic E-state index is 0.0572. The van der Waals surface area contributed by atoms with E-state index < -0.39 is 52.0 Å². The number of alkyl halides is 3. The van der Waals surface area contributed by atoms with Gasteiger partial charge in [0.15, 0.2) is 5.82 Å². The van der Waals surface area contributed by atoms with Gasteiger partial charge >= 0.3 is 12.2 Å². The lowest BCUT2D eigenvalue weighted by Crippen LogP contribution is -2.46. The molecule has 0 saturated carbocycles. The molecular weight excluding hydrogens is 589 g/mol. The second-order valence-electron chi connectivity index (χ2n) is 11.4. The normalized spacial score (nSPS) is 23.0. The van der Waals surface area contributed by atoms with E-state index in [4.69, 9.17) is 19.9 Å². The number of pyridine rings is 1. The Morgan fingerprint density at radius 2 is 1.91 bits per heavy atom. The summed E-state index contributed by atoms with van der Waals surface area (Å²) < 4.78 is 91.7. The topological polar surface area (TPSA) is 120 Å². The number of nitrogens with one attached hydrogen (secondary N) is 2. The molecule has 15 heteroatoms. The van der Waals surface area contributed by atoms with Crippen molar-refractivity contribution in [3.63, 3.8) is 0 Å². The van der Waals surface area contributed by atoms with Gasteiger partial charge in [0.25, 0.3) is 0 Å². The molecule has 3 atom stereocenters. The number of nitrogens with zero attached hydrogens (tertiary/aromatic N) is 4. The number of benzene rings is 1. The lowest BCUT2D eigenvalue weighted by atomic mass is 9.96. The van der Waals surface area contributed by atoms with Gasteiger partial charge in [0, 0.05) is 37.3 Å². The van der Waals surface area contributed by atoms with Gasteiger partial charge in [-0.1, -0.05) is 0 Å². The van der Waals surface area contributed by atoms with E-state index in [9.17, 15) is 17.6 Å². The second kappa shape index (κ2) is 12.1. The van der Waals surface area contributed by atoms with Crippen molar-refractivity contribution in [3.8, 4) is 23.1 Å². The molecule has 2 fully saturated rings. The number of hydrogen-bond acceptors (Lipinski definition) is 10. The van der Waals surface area contributed by atoms with E-state index in [0.717, 1.165) is 32.4 Å². The van der Waals surface area contributed by atoms with Crippen molar-refractivity contribution >= 4 is 22.4 Å². The third-order valence-corrected chi connectivity index (χ3v) is 8.41. The van der Waals surface area contributed by atoms with Gasteiger partial charge < -0.3 is 30.6 Å². The van der Waals surface area contributed by atoms with Crippen LogP contribution in [-0.4, -0.2) is 84.0 Å². The molecule has 2 saturated heterocycles. The molecule has 6 rings (SSSR count). The Kier molecular flexibility index (Phi) is 8.37. The molecule has 0 bridgehead atoms. The largest absolute Gasteiger partial charge is 0.474 e. The summed E-state index contributed by atoms with van der Waals surface area (Å²) in [6.07, 6.45) is -3.13. The molecule has 0 amide bonds. The highest BCUT2D eigenvalue weighted by atomic mass is 19.4. The maximum atomic E-state index is 16.5. The van der Waals surface area contributed by atoms with Crippen LogP contribution in [0, 0.1) is 18.6 Å². The fraction of sp³-hybridized carbons (Fsp3) is 0.552. The van der Waals surface area contributed by atoms with E-state index >= 15 is 4.39 Å². The minimum atomic E-state index is -5.04. The smallest absolute Gasteiger partial charge is 0.417 e. The maximum absolute atomic E-state index is 16.5. The number of nitrogen functional groups attached to an aromatic ring is 1. The Balaban J connectivity index is 1.51. The Hall–Kier alpha value is -3.56. The van der Waals surface area contributed by atoms with Gasteiger partial charge in [0.2, 0.25) is 5.88 Å². The molecule has 3 aliphatic rings. The number of fused-ring (bicyclic) bond motifs is 1. The van der Waals surface area contributed by atoms with Crippen LogP contribution in [0.1, 0.15) is 37.3 Å². The standard InChI is InChI=1S/C29H34F5N7O3/c1-14-5-6-36-7-8-37-26-20-25(39-28(40-26)43-13-17-4-3-16-12-42-10-9-41(16)17)23(31)24(38-27(20)44-14)18-11-19(35)22(30)15(2)21(18)29(32,33)34/h11,14,16-17,36H,3-10,12-13,35H2,1-2H3,(H,37,39,40)/t14-,16-,17-/m0/s1. The molecular formula is C29H34F5N7O3. The van der Waals surface area contributed by atoms with E-state index in [-0.39, 0.29) is 41.3 Å². The summed E-state index contributed by atoms with van der Waals surface area (Å²) in [6.45, 7) is 6.52. The van der Waals surface area contributed by atoms with E-state index in [1.807, 2.05) is 0 Å². The average molecular weight is 624 g/mol. The molecule has 0 radical (unpaired) electrons. The Bertz CT molecular complexity index is 1560. The number of anilines is 2. The maximum Gasteiger partial charge on any atom is 0.417 e. The molecule has 44 heavy (non-hydrogen) atoms. The van der Waals surface area contributed by atoms with Crippen LogP contribution in [0.3, 0.4) is 0 Å². The minimum Gasteiger partial charge on any atom is -0.474 e. The van der Waals surface area contributed by atoms with Crippen LogP contribution in [0.25, 0.3) is 22.2 Å². The van der Waals surface area contributed by atoms with Crippen LogP contribution in [0.15, 0.2) is 6.07 Å². The summed E-state index contributed by atoms with van der Waals surface area (Å²) >= 11 is 0. The van der Waals surface area contributed by atoms with Crippen molar-refractivity contribution in [1.29, 1.82) is 0 Å². The number of ether oxygens (including phenoxy) is 3. The summed E-state index contributed by atoms with van der Waals surface area (Å²) in [5.74, 6) is -2.42. The Morgan fingerprint density at radius 1 is 1.09 bits per heavy atom. The van der Waals surface area contributed by atoms with Gasteiger partial charge in [0.1, 0.15) is 34.8 Å². The van der Waals surface area contributed by atoms with Crippen molar-refractivity contribution in [2.45, 2.75) is 57.5 Å². The van der Waals surface area contributed by atoms with Crippen molar-refractivity contribution < 1.29 is 36.2 Å². The lowest BCUT2D eigenvalue weighted by Gasteiger charge is -2.33. The molecule has 0 aliphatic carbocycles. The van der Waals surface area contributed by atoms with Crippen LogP contribution >= 0.6 is 0 Å². The number of nitrogens with two attached hydrogens (primary N) is 1. The van der Waals surface area contributed by atoms with Crippen LogP contribution in [-0.2, 0) is 10.9 Å². The van der Waals surface area contributed by atoms with Gasteiger partial charge in [-0.05, 0) is 51.3 Å². The summed E-state index contributed by atoms with van der Waals surface area (Å²) in [5.41, 5.74) is 1.20. The van der Waals surface area contributed by atoms with Crippen LogP contribution in [0.2, 0.25) is 0 Å². The molecule has 0 unspecified atom stereocenters. The summed E-state index contributed by atoms with van der Waals surface area (Å²) in [7, 11) is 0. The van der Waals surface area contributed by atoms with Crippen LogP contribution < -0.4 is 25.8 Å². The van der Waals surface area contributed by atoms with E-state index in [0.29, 0.717) is 45.3 Å². The van der Waals surface area contributed by atoms with Crippen LogP contribution in [0.5, 0.6) is 11.9 Å². The predicted molar refractivity (Wildman–Crippen MR) is 153 cm³/mol. The fourth-order valence-electron chi connectivity index (χ4n) is 6.19. The van der Waals surface area contributed by atoms with Gasteiger partial charge in [-0.2, -0.15) is 23.1 Å². The lowest BCUT2D eigenvalue weighted by molar-refractivity contribution is -0.137. The fourth-order valence-corrected chi connectivity index (χ4v) is 6.19. The van der Waals surface area contributed by atoms with Gasteiger partial charge in [0.05, 0.1) is 30.6 Å². The third-order valence-electron chi connectivity index (χ3n) is 8.41. The van der Waals surface area contributed by atoms with E-state index in [1.165, 1.54) is 0 Å². The zero-order chi connectivity index (χ0) is 31.2. The first kappa shape index (κ1) is 30.5. The third kappa shape index (κ3) is 5.79. The molecule has 238 valence electrons. The summed E-state index contributed by atoms with van der Waals surface area (Å²) in [5, 5.41) is 6.47. The number of hydrogen-bond donors (Lipinski definition) is 3. The molecule has 5 heterocycles. The SMILES string of the molecule is Cc1c(F)c(N)cc(-c2nc3c4c(nc(OC[C@@H]5CC[C@H]6COCCN65)nc4c2F)NCCNCC[C@H](C)O3)c1C(F)(F)F. The van der Waals surface area contributed by atoms with Crippen LogP contribution in [0.4, 0.5) is 33.5 Å². The molecule has 4 N–H and O–H groups in total. The highest BCUT2D eigenvalue weighted by Gasteiger charge is 2.40. The Morgan fingerprint density at radius 3 is 2.70 bits per heavy atom. The molecule has 10 nitrogen and oxygen atoms in total. The average Bonchev–Trinajstić information content (AvgIpc) is 3.38. The molecule has 3 aliphatic heterocycles. The van der Waals surface area contributed by atoms with Gasteiger partial charge in [-0.25, -0.2) is 13.8 Å². The quantitative estimate of drug-likeness (QED) is 0.287. The first-order valence-corrected chi connectivity index (χ1v) is 14.7. The first-order valence-electron chi connectivity index (χ1n) is 14.7. The van der Waals surface area contributed by atoms with Crippen molar-refractivity contribution in [1.82, 2.24) is 25.2 Å². The van der Waals surface area contributed by atoms with Crippen molar-refractivity contribution in [2.24, 2.45) is 0 Å². The van der Waals surface area contributed by atoms with Gasteiger partial charge in [-0.15, -0.1) is 0 Å². The summed E-state index contributed by atoms with van der Waals surface area (Å²) in [4.78, 5) is 15.4. The van der Waals surface area contributed by atoms with Crippen molar-refractivity contribution in [2.75, 3.05) is 57.1 Å². The van der Waals surface area contributed by atoms with Gasteiger partial charge in [-0.3, -0.25) is 4.90 Å². The molecule has 1 aromatic carbocycles. The zero-order valence-electron chi connectivity index (χ0n) is 24.4. The zero-order valence-corrected chi connectivity index (χ0v) is 24.4. The number of halogens is 5. The second-order valence-corrected chi connectivity index (χ2v) is 11.4. The number of aromatic nitrogens is 3.